The predicted molar refractivity (Wildman–Crippen MR) is 93.0 cm³/mol. The second-order valence-electron chi connectivity index (χ2n) is 6.68. The molecule has 3 aliphatic rings. The quantitative estimate of drug-likeness (QED) is 0.816. The first kappa shape index (κ1) is 17.3. The average molecular weight is 379 g/mol. The summed E-state index contributed by atoms with van der Waals surface area (Å²) in [5.41, 5.74) is 0.476. The fourth-order valence-corrected chi connectivity index (χ4v) is 4.50. The van der Waals surface area contributed by atoms with Gasteiger partial charge in [0.25, 0.3) is 5.91 Å². The van der Waals surface area contributed by atoms with Crippen LogP contribution in [0.5, 0.6) is 0 Å². The van der Waals surface area contributed by atoms with E-state index >= 15 is 0 Å². The highest BCUT2D eigenvalue weighted by Crippen LogP contribution is 2.28. The summed E-state index contributed by atoms with van der Waals surface area (Å²) >= 11 is 1.26. The molecule has 2 aromatic heterocycles. The number of piperidine rings is 3. The second kappa shape index (κ2) is 6.56. The third-order valence-electron chi connectivity index (χ3n) is 5.01. The molecule has 0 spiro atoms. The number of rotatable bonds is 2. The van der Waals surface area contributed by atoms with E-state index < -0.39 is 6.18 Å². The van der Waals surface area contributed by atoms with Crippen LogP contribution < -0.4 is 5.32 Å². The molecular formula is C18H16F3N3OS. The molecule has 3 aliphatic heterocycles. The van der Waals surface area contributed by atoms with E-state index in [4.69, 9.17) is 0 Å². The summed E-state index contributed by atoms with van der Waals surface area (Å²) in [7, 11) is 0. The molecule has 1 N–H and O–H groups in total. The molecule has 1 atom stereocenters. The van der Waals surface area contributed by atoms with Gasteiger partial charge in [-0.3, -0.25) is 4.79 Å². The van der Waals surface area contributed by atoms with Gasteiger partial charge in [0.2, 0.25) is 0 Å². The molecule has 5 rings (SSSR count). The Morgan fingerprint density at radius 2 is 2.12 bits per heavy atom. The van der Waals surface area contributed by atoms with Crippen LogP contribution in [0.1, 0.15) is 28.9 Å². The Morgan fingerprint density at radius 1 is 1.35 bits per heavy atom. The van der Waals surface area contributed by atoms with Crippen molar-refractivity contribution in [1.82, 2.24) is 15.2 Å². The molecule has 0 aliphatic carbocycles. The van der Waals surface area contributed by atoms with Gasteiger partial charge in [-0.25, -0.2) is 4.98 Å². The van der Waals surface area contributed by atoms with Crippen LogP contribution in [-0.2, 0) is 0 Å². The SMILES string of the molecule is O=C(N[C@H]1CN2CCC1CC2)c1cc2c(C#CC(F)(F)F)csc2cn1. The number of thiophene rings is 1. The van der Waals surface area contributed by atoms with Crippen LogP contribution in [0.25, 0.3) is 10.1 Å². The number of pyridine rings is 1. The molecule has 2 bridgehead atoms. The van der Waals surface area contributed by atoms with E-state index in [-0.39, 0.29) is 23.2 Å². The van der Waals surface area contributed by atoms with E-state index in [0.29, 0.717) is 16.0 Å². The molecule has 26 heavy (non-hydrogen) atoms. The predicted octanol–water partition coefficient (Wildman–Crippen LogP) is 3.03. The van der Waals surface area contributed by atoms with Crippen LogP contribution in [-0.4, -0.2) is 47.6 Å². The molecule has 3 fully saturated rings. The number of carbonyl (C=O) groups excluding carboxylic acids is 1. The second-order valence-corrected chi connectivity index (χ2v) is 7.59. The van der Waals surface area contributed by atoms with Crippen molar-refractivity contribution in [3.05, 3.63) is 28.9 Å². The van der Waals surface area contributed by atoms with Crippen molar-refractivity contribution < 1.29 is 18.0 Å². The van der Waals surface area contributed by atoms with Crippen LogP contribution in [0.4, 0.5) is 13.2 Å². The number of fused-ring (bicyclic) bond motifs is 4. The number of alkyl halides is 3. The summed E-state index contributed by atoms with van der Waals surface area (Å²) in [4.78, 5) is 19.1. The van der Waals surface area contributed by atoms with Gasteiger partial charge in [0, 0.05) is 41.0 Å². The Kier molecular flexibility index (Phi) is 4.37. The Hall–Kier alpha value is -2.11. The number of halogens is 3. The highest BCUT2D eigenvalue weighted by atomic mass is 32.1. The summed E-state index contributed by atoms with van der Waals surface area (Å²) in [5, 5.41) is 5.13. The molecule has 1 amide bonds. The molecule has 136 valence electrons. The van der Waals surface area contributed by atoms with E-state index in [1.165, 1.54) is 29.5 Å². The summed E-state index contributed by atoms with van der Waals surface area (Å²) in [6.07, 6.45) is -0.862. The van der Waals surface area contributed by atoms with Gasteiger partial charge in [0.15, 0.2) is 0 Å². The largest absolute Gasteiger partial charge is 0.458 e. The van der Waals surface area contributed by atoms with E-state index in [0.717, 1.165) is 32.5 Å². The fourth-order valence-electron chi connectivity index (χ4n) is 3.66. The summed E-state index contributed by atoms with van der Waals surface area (Å²) in [5.74, 6) is 3.63. The molecule has 0 unspecified atom stereocenters. The van der Waals surface area contributed by atoms with Gasteiger partial charge in [-0.2, -0.15) is 13.2 Å². The van der Waals surface area contributed by atoms with Crippen molar-refractivity contribution in [2.24, 2.45) is 5.92 Å². The number of aromatic nitrogens is 1. The molecule has 0 radical (unpaired) electrons. The van der Waals surface area contributed by atoms with E-state index in [9.17, 15) is 18.0 Å². The van der Waals surface area contributed by atoms with E-state index in [2.05, 4.69) is 21.1 Å². The zero-order chi connectivity index (χ0) is 18.3. The molecule has 0 aromatic carbocycles. The Labute approximate surface area is 152 Å². The summed E-state index contributed by atoms with van der Waals surface area (Å²) < 4.78 is 37.7. The van der Waals surface area contributed by atoms with Crippen LogP contribution in [0.15, 0.2) is 17.6 Å². The smallest absolute Gasteiger partial charge is 0.346 e. The van der Waals surface area contributed by atoms with Crippen LogP contribution in [0.2, 0.25) is 0 Å². The molecule has 4 nitrogen and oxygen atoms in total. The van der Waals surface area contributed by atoms with Gasteiger partial charge >= 0.3 is 6.18 Å². The van der Waals surface area contributed by atoms with Crippen molar-refractivity contribution in [3.8, 4) is 11.8 Å². The Morgan fingerprint density at radius 3 is 2.77 bits per heavy atom. The van der Waals surface area contributed by atoms with Crippen molar-refractivity contribution >= 4 is 27.3 Å². The Bertz CT molecular complexity index is 904. The number of carbonyl (C=O) groups is 1. The molecule has 5 heterocycles. The average Bonchev–Trinajstić information content (AvgIpc) is 3.02. The molecular weight excluding hydrogens is 363 g/mol. The summed E-state index contributed by atoms with van der Waals surface area (Å²) in [6, 6.07) is 1.64. The maximum Gasteiger partial charge on any atom is 0.458 e. The number of nitrogens with zero attached hydrogens (tertiary/aromatic N) is 2. The third-order valence-corrected chi connectivity index (χ3v) is 5.94. The van der Waals surface area contributed by atoms with Gasteiger partial charge < -0.3 is 10.2 Å². The maximum atomic E-state index is 12.6. The van der Waals surface area contributed by atoms with Gasteiger partial charge in [-0.15, -0.1) is 11.3 Å². The minimum absolute atomic E-state index is 0.106. The highest BCUT2D eigenvalue weighted by molar-refractivity contribution is 7.17. The van der Waals surface area contributed by atoms with Gasteiger partial charge in [0.05, 0.1) is 4.70 Å². The van der Waals surface area contributed by atoms with Crippen LogP contribution in [0, 0.1) is 17.8 Å². The van der Waals surface area contributed by atoms with E-state index in [1.54, 1.807) is 5.38 Å². The molecule has 8 heteroatoms. The fraction of sp³-hybridized carbons (Fsp3) is 0.444. The maximum absolute atomic E-state index is 12.6. The molecule has 0 saturated carbocycles. The lowest BCUT2D eigenvalue weighted by molar-refractivity contribution is -0.0696. The highest BCUT2D eigenvalue weighted by Gasteiger charge is 2.35. The first-order chi connectivity index (χ1) is 12.4. The lowest BCUT2D eigenvalue weighted by atomic mass is 9.84. The number of hydrogen-bond acceptors (Lipinski definition) is 4. The van der Waals surface area contributed by atoms with Gasteiger partial charge in [-0.05, 0) is 37.9 Å². The van der Waals surface area contributed by atoms with Gasteiger partial charge in [-0.1, -0.05) is 5.92 Å². The normalized spacial score (nSPS) is 25.0. The molecule has 2 aromatic rings. The number of hydrogen-bond donors (Lipinski definition) is 1. The zero-order valence-corrected chi connectivity index (χ0v) is 14.6. The monoisotopic (exact) mass is 379 g/mol. The van der Waals surface area contributed by atoms with Crippen LogP contribution in [0.3, 0.4) is 0 Å². The van der Waals surface area contributed by atoms with Crippen molar-refractivity contribution in [2.75, 3.05) is 19.6 Å². The standard InChI is InChI=1S/C18H16F3N3OS/c19-18(20,21)4-1-12-10-26-16-8-22-14(7-13(12)16)17(25)23-15-9-24-5-2-11(15)3-6-24/h7-8,10-11,15H,2-3,5-6,9H2,(H,23,25)/t15-/m0/s1. The van der Waals surface area contributed by atoms with Gasteiger partial charge in [0.1, 0.15) is 5.69 Å². The summed E-state index contributed by atoms with van der Waals surface area (Å²) in [6.45, 7) is 3.01. The lowest BCUT2D eigenvalue weighted by Crippen LogP contribution is -2.57. The van der Waals surface area contributed by atoms with E-state index in [1.807, 2.05) is 0 Å². The van der Waals surface area contributed by atoms with Crippen molar-refractivity contribution in [3.63, 3.8) is 0 Å². The first-order valence-electron chi connectivity index (χ1n) is 8.39. The topological polar surface area (TPSA) is 45.2 Å². The minimum atomic E-state index is -4.54. The zero-order valence-electron chi connectivity index (χ0n) is 13.8. The first-order valence-corrected chi connectivity index (χ1v) is 9.27. The number of amides is 1. The Balaban J connectivity index is 1.56. The third kappa shape index (κ3) is 3.55. The lowest BCUT2D eigenvalue weighted by Gasteiger charge is -2.44. The van der Waals surface area contributed by atoms with Crippen molar-refractivity contribution in [2.45, 2.75) is 25.1 Å². The minimum Gasteiger partial charge on any atom is -0.346 e. The van der Waals surface area contributed by atoms with Crippen LogP contribution >= 0.6 is 11.3 Å². The number of nitrogens with one attached hydrogen (secondary N) is 1. The molecule has 3 saturated heterocycles. The van der Waals surface area contributed by atoms with Crippen molar-refractivity contribution in [1.29, 1.82) is 0 Å².